The quantitative estimate of drug-likeness (QED) is 0.461. The first-order valence-corrected chi connectivity index (χ1v) is 9.04. The largest absolute Gasteiger partial charge is 0.497 e. The number of fused-ring (bicyclic) bond motifs is 1. The number of benzene rings is 2. The van der Waals surface area contributed by atoms with Crippen molar-refractivity contribution in [1.29, 1.82) is 0 Å². The second kappa shape index (κ2) is 8.44. The minimum Gasteiger partial charge on any atom is -0.497 e. The molecule has 0 fully saturated rings. The first-order chi connectivity index (χ1) is 12.7. The number of ether oxygens (including phenoxy) is 1. The Morgan fingerprint density at radius 1 is 1.04 bits per heavy atom. The summed E-state index contributed by atoms with van der Waals surface area (Å²) < 4.78 is 5.09. The third-order valence-electron chi connectivity index (χ3n) is 3.80. The SMILES string of the molecule is COc1ccc(SCC(=O)NNC(=O)Cc2c[nH]c3ccccc23)cc1. The first-order valence-electron chi connectivity index (χ1n) is 8.05. The Hall–Kier alpha value is -2.93. The Morgan fingerprint density at radius 3 is 2.54 bits per heavy atom. The van der Waals surface area contributed by atoms with Crippen molar-refractivity contribution in [2.75, 3.05) is 12.9 Å². The smallest absolute Gasteiger partial charge is 0.248 e. The van der Waals surface area contributed by atoms with E-state index >= 15 is 0 Å². The van der Waals surface area contributed by atoms with E-state index in [4.69, 9.17) is 4.74 Å². The van der Waals surface area contributed by atoms with Gasteiger partial charge >= 0.3 is 0 Å². The molecule has 3 rings (SSSR count). The summed E-state index contributed by atoms with van der Waals surface area (Å²) in [6.45, 7) is 0. The van der Waals surface area contributed by atoms with Crippen LogP contribution in [0.3, 0.4) is 0 Å². The molecule has 0 unspecified atom stereocenters. The molecule has 0 atom stereocenters. The number of amides is 2. The minimum absolute atomic E-state index is 0.190. The van der Waals surface area contributed by atoms with Gasteiger partial charge in [-0.05, 0) is 35.9 Å². The maximum atomic E-state index is 12.0. The Bertz CT molecular complexity index is 906. The van der Waals surface area contributed by atoms with Crippen LogP contribution in [0.2, 0.25) is 0 Å². The fourth-order valence-electron chi connectivity index (χ4n) is 2.49. The summed E-state index contributed by atoms with van der Waals surface area (Å²) >= 11 is 1.38. The summed E-state index contributed by atoms with van der Waals surface area (Å²) in [7, 11) is 1.61. The van der Waals surface area contributed by atoms with E-state index in [1.54, 1.807) is 7.11 Å². The highest BCUT2D eigenvalue weighted by atomic mass is 32.2. The Balaban J connectivity index is 1.44. The number of aromatic amines is 1. The van der Waals surface area contributed by atoms with Crippen molar-refractivity contribution in [3.63, 3.8) is 0 Å². The molecule has 0 radical (unpaired) electrons. The molecule has 0 saturated heterocycles. The zero-order valence-electron chi connectivity index (χ0n) is 14.2. The van der Waals surface area contributed by atoms with Crippen LogP contribution in [-0.2, 0) is 16.0 Å². The molecule has 3 aromatic rings. The molecule has 1 aromatic heterocycles. The molecule has 0 saturated carbocycles. The number of hydrogen-bond donors (Lipinski definition) is 3. The molecule has 134 valence electrons. The summed E-state index contributed by atoms with van der Waals surface area (Å²) in [6, 6.07) is 15.2. The van der Waals surface area contributed by atoms with Crippen LogP contribution in [0.15, 0.2) is 59.6 Å². The van der Waals surface area contributed by atoms with Gasteiger partial charge in [-0.3, -0.25) is 20.4 Å². The van der Waals surface area contributed by atoms with Crippen molar-refractivity contribution in [2.45, 2.75) is 11.3 Å². The molecule has 0 spiro atoms. The lowest BCUT2D eigenvalue weighted by atomic mass is 10.1. The van der Waals surface area contributed by atoms with E-state index in [1.807, 2.05) is 54.7 Å². The lowest BCUT2D eigenvalue weighted by Crippen LogP contribution is -2.43. The molecule has 0 bridgehead atoms. The number of thioether (sulfide) groups is 1. The highest BCUT2D eigenvalue weighted by Crippen LogP contribution is 2.21. The molecule has 2 amide bonds. The monoisotopic (exact) mass is 369 g/mol. The van der Waals surface area contributed by atoms with Crippen LogP contribution in [-0.4, -0.2) is 29.7 Å². The minimum atomic E-state index is -0.266. The van der Waals surface area contributed by atoms with E-state index < -0.39 is 0 Å². The summed E-state index contributed by atoms with van der Waals surface area (Å²) in [5.41, 5.74) is 6.77. The number of H-pyrrole nitrogens is 1. The Labute approximate surface area is 155 Å². The number of hydrazine groups is 1. The zero-order chi connectivity index (χ0) is 18.4. The van der Waals surface area contributed by atoms with Gasteiger partial charge in [0.1, 0.15) is 5.75 Å². The molecule has 3 N–H and O–H groups in total. The average Bonchev–Trinajstić information content (AvgIpc) is 3.08. The Morgan fingerprint density at radius 2 is 1.77 bits per heavy atom. The van der Waals surface area contributed by atoms with Gasteiger partial charge in [-0.2, -0.15) is 0 Å². The van der Waals surface area contributed by atoms with Gasteiger partial charge in [0.05, 0.1) is 19.3 Å². The topological polar surface area (TPSA) is 83.2 Å². The van der Waals surface area contributed by atoms with Crippen molar-refractivity contribution >= 4 is 34.5 Å². The van der Waals surface area contributed by atoms with E-state index in [1.165, 1.54) is 11.8 Å². The number of rotatable bonds is 6. The molecule has 6 nitrogen and oxygen atoms in total. The molecular weight excluding hydrogens is 350 g/mol. The molecule has 0 aliphatic carbocycles. The van der Waals surface area contributed by atoms with Crippen molar-refractivity contribution in [1.82, 2.24) is 15.8 Å². The van der Waals surface area contributed by atoms with Crippen LogP contribution in [0, 0.1) is 0 Å². The third-order valence-corrected chi connectivity index (χ3v) is 4.81. The zero-order valence-corrected chi connectivity index (χ0v) is 15.1. The standard InChI is InChI=1S/C19H19N3O3S/c1-25-14-6-8-15(9-7-14)26-12-19(24)22-21-18(23)10-13-11-20-17-5-3-2-4-16(13)17/h2-9,11,20H,10,12H2,1H3,(H,21,23)(H,22,24). The predicted octanol–water partition coefficient (Wildman–Crippen LogP) is 2.66. The number of methoxy groups -OCH3 is 1. The van der Waals surface area contributed by atoms with Crippen molar-refractivity contribution in [3.8, 4) is 5.75 Å². The number of carbonyl (C=O) groups is 2. The summed E-state index contributed by atoms with van der Waals surface area (Å²) in [5.74, 6) is 0.443. The van der Waals surface area contributed by atoms with Crippen LogP contribution in [0.5, 0.6) is 5.75 Å². The second-order valence-corrected chi connectivity index (χ2v) is 6.65. The van der Waals surface area contributed by atoms with E-state index in [-0.39, 0.29) is 24.0 Å². The predicted molar refractivity (Wildman–Crippen MR) is 102 cm³/mol. The molecule has 7 heteroatoms. The Kier molecular flexibility index (Phi) is 5.80. The van der Waals surface area contributed by atoms with E-state index in [2.05, 4.69) is 15.8 Å². The van der Waals surface area contributed by atoms with Crippen molar-refractivity contribution in [2.24, 2.45) is 0 Å². The van der Waals surface area contributed by atoms with Gasteiger partial charge in [-0.25, -0.2) is 0 Å². The molecular formula is C19H19N3O3S. The maximum Gasteiger partial charge on any atom is 0.248 e. The van der Waals surface area contributed by atoms with Crippen LogP contribution in [0.25, 0.3) is 10.9 Å². The number of para-hydroxylation sites is 1. The highest BCUT2D eigenvalue weighted by molar-refractivity contribution is 8.00. The number of nitrogens with one attached hydrogen (secondary N) is 3. The average molecular weight is 369 g/mol. The van der Waals surface area contributed by atoms with Gasteiger partial charge in [-0.1, -0.05) is 18.2 Å². The fraction of sp³-hybridized carbons (Fsp3) is 0.158. The van der Waals surface area contributed by atoms with Gasteiger partial charge in [0.25, 0.3) is 0 Å². The fourth-order valence-corrected chi connectivity index (χ4v) is 3.19. The maximum absolute atomic E-state index is 12.0. The summed E-state index contributed by atoms with van der Waals surface area (Å²) in [6.07, 6.45) is 2.00. The van der Waals surface area contributed by atoms with Crippen LogP contribution in [0.4, 0.5) is 0 Å². The molecule has 26 heavy (non-hydrogen) atoms. The normalized spacial score (nSPS) is 10.5. The lowest BCUT2D eigenvalue weighted by Gasteiger charge is -2.07. The first kappa shape index (κ1) is 17.9. The van der Waals surface area contributed by atoms with Crippen molar-refractivity contribution in [3.05, 3.63) is 60.3 Å². The number of hydrogen-bond acceptors (Lipinski definition) is 4. The second-order valence-electron chi connectivity index (χ2n) is 5.60. The van der Waals surface area contributed by atoms with Crippen LogP contribution in [0.1, 0.15) is 5.56 Å². The summed E-state index contributed by atoms with van der Waals surface area (Å²) in [5, 5.41) is 1.00. The lowest BCUT2D eigenvalue weighted by molar-refractivity contribution is -0.127. The molecule has 0 aliphatic rings. The van der Waals surface area contributed by atoms with Gasteiger partial charge < -0.3 is 9.72 Å². The van der Waals surface area contributed by atoms with Crippen molar-refractivity contribution < 1.29 is 14.3 Å². The molecule has 1 heterocycles. The van der Waals surface area contributed by atoms with E-state index in [0.717, 1.165) is 27.1 Å². The van der Waals surface area contributed by atoms with Gasteiger partial charge in [0.2, 0.25) is 11.8 Å². The molecule has 2 aromatic carbocycles. The van der Waals surface area contributed by atoms with E-state index in [0.29, 0.717) is 0 Å². The van der Waals surface area contributed by atoms with E-state index in [9.17, 15) is 9.59 Å². The highest BCUT2D eigenvalue weighted by Gasteiger charge is 2.10. The van der Waals surface area contributed by atoms with Crippen LogP contribution >= 0.6 is 11.8 Å². The third kappa shape index (κ3) is 4.58. The van der Waals surface area contributed by atoms with Gasteiger partial charge in [0, 0.05) is 22.0 Å². The van der Waals surface area contributed by atoms with Gasteiger partial charge in [-0.15, -0.1) is 11.8 Å². The van der Waals surface area contributed by atoms with Gasteiger partial charge in [0.15, 0.2) is 0 Å². The summed E-state index contributed by atoms with van der Waals surface area (Å²) in [4.78, 5) is 28.0. The number of carbonyl (C=O) groups excluding carboxylic acids is 2. The van der Waals surface area contributed by atoms with Crippen LogP contribution < -0.4 is 15.6 Å². The molecule has 0 aliphatic heterocycles. The number of aromatic nitrogens is 1.